The third-order valence-corrected chi connectivity index (χ3v) is 3.54. The van der Waals surface area contributed by atoms with Gasteiger partial charge in [0.05, 0.1) is 12.2 Å². The fourth-order valence-electron chi connectivity index (χ4n) is 2.09. The van der Waals surface area contributed by atoms with E-state index < -0.39 is 0 Å². The first-order chi connectivity index (χ1) is 10.5. The number of rotatable bonds is 9. The molecule has 2 unspecified atom stereocenters. The van der Waals surface area contributed by atoms with Crippen LogP contribution in [0.2, 0.25) is 0 Å². The molecular weight excluding hydrogens is 280 g/mol. The first-order valence-electron chi connectivity index (χ1n) is 7.91. The van der Waals surface area contributed by atoms with Crippen LogP contribution in [0.4, 0.5) is 0 Å². The molecule has 0 heterocycles. The zero-order valence-corrected chi connectivity index (χ0v) is 14.0. The van der Waals surface area contributed by atoms with Gasteiger partial charge in [0.25, 0.3) is 0 Å². The summed E-state index contributed by atoms with van der Waals surface area (Å²) in [5.41, 5.74) is 6.20. The van der Waals surface area contributed by atoms with Crippen molar-refractivity contribution < 1.29 is 14.3 Å². The number of esters is 1. The Morgan fingerprint density at radius 2 is 1.77 bits per heavy atom. The molecule has 2 N–H and O–H groups in total. The van der Waals surface area contributed by atoms with Gasteiger partial charge < -0.3 is 15.2 Å². The average molecular weight is 308 g/mol. The largest absolute Gasteiger partial charge is 0.494 e. The summed E-state index contributed by atoms with van der Waals surface area (Å²) >= 11 is 0. The Bertz CT molecular complexity index is 442. The van der Waals surface area contributed by atoms with E-state index in [9.17, 15) is 4.79 Å². The summed E-state index contributed by atoms with van der Waals surface area (Å²) < 4.78 is 11.0. The quantitative estimate of drug-likeness (QED) is 0.561. The van der Waals surface area contributed by atoms with Crippen LogP contribution in [0.3, 0.4) is 0 Å². The van der Waals surface area contributed by atoms with Gasteiger partial charge in [-0.1, -0.05) is 13.8 Å². The molecule has 0 amide bonds. The molecule has 0 radical (unpaired) electrons. The van der Waals surface area contributed by atoms with E-state index in [0.717, 1.165) is 25.3 Å². The predicted octanol–water partition coefficient (Wildman–Crippen LogP) is 2.65. The van der Waals surface area contributed by atoms with E-state index in [-0.39, 0.29) is 18.2 Å². The first kappa shape index (κ1) is 18.5. The van der Waals surface area contributed by atoms with Crippen LogP contribution in [-0.2, 0) is 4.74 Å². The maximum atomic E-state index is 12.1. The van der Waals surface area contributed by atoms with Gasteiger partial charge in [-0.15, -0.1) is 0 Å². The highest BCUT2D eigenvalue weighted by atomic mass is 16.6. The number of hydrogen-bond donors (Lipinski definition) is 1. The standard InChI is InChI=1S/C17H28N2O3/c1-5-19(6-2)14(4)22-17(20)15-7-9-16(10-8-15)21-12-11-13(3)18/h7-10,13-14H,5-6,11-12,18H2,1-4H3. The fourth-order valence-corrected chi connectivity index (χ4v) is 2.09. The van der Waals surface area contributed by atoms with Crippen molar-refractivity contribution in [3.63, 3.8) is 0 Å². The van der Waals surface area contributed by atoms with E-state index in [0.29, 0.717) is 12.2 Å². The fraction of sp³-hybridized carbons (Fsp3) is 0.588. The Morgan fingerprint density at radius 3 is 2.27 bits per heavy atom. The molecule has 0 saturated heterocycles. The molecule has 1 rings (SSSR count). The highest BCUT2D eigenvalue weighted by Crippen LogP contribution is 2.14. The second-order valence-electron chi connectivity index (χ2n) is 5.36. The maximum absolute atomic E-state index is 12.1. The molecule has 5 heteroatoms. The second-order valence-corrected chi connectivity index (χ2v) is 5.36. The van der Waals surface area contributed by atoms with E-state index >= 15 is 0 Å². The summed E-state index contributed by atoms with van der Waals surface area (Å²) in [7, 11) is 0. The molecule has 22 heavy (non-hydrogen) atoms. The lowest BCUT2D eigenvalue weighted by atomic mass is 10.2. The molecule has 0 saturated carbocycles. The first-order valence-corrected chi connectivity index (χ1v) is 7.91. The topological polar surface area (TPSA) is 64.8 Å². The van der Waals surface area contributed by atoms with Gasteiger partial charge >= 0.3 is 5.97 Å². The van der Waals surface area contributed by atoms with E-state index in [4.69, 9.17) is 15.2 Å². The van der Waals surface area contributed by atoms with Gasteiger partial charge in [-0.3, -0.25) is 4.90 Å². The number of hydrogen-bond acceptors (Lipinski definition) is 5. The van der Waals surface area contributed by atoms with Gasteiger partial charge in [0.2, 0.25) is 0 Å². The Hall–Kier alpha value is -1.59. The van der Waals surface area contributed by atoms with E-state index in [1.807, 2.05) is 27.7 Å². The smallest absolute Gasteiger partial charge is 0.339 e. The van der Waals surface area contributed by atoms with E-state index in [1.54, 1.807) is 24.3 Å². The molecule has 1 aromatic carbocycles. The van der Waals surface area contributed by atoms with Gasteiger partial charge in [0.15, 0.2) is 6.23 Å². The molecule has 1 aromatic rings. The monoisotopic (exact) mass is 308 g/mol. The molecule has 0 aliphatic heterocycles. The minimum Gasteiger partial charge on any atom is -0.494 e. The van der Waals surface area contributed by atoms with E-state index in [2.05, 4.69) is 4.90 Å². The van der Waals surface area contributed by atoms with Crippen LogP contribution < -0.4 is 10.5 Å². The third-order valence-electron chi connectivity index (χ3n) is 3.54. The Kier molecular flexibility index (Phi) is 7.91. The second kappa shape index (κ2) is 9.43. The van der Waals surface area contributed by atoms with Gasteiger partial charge in [0.1, 0.15) is 5.75 Å². The number of carbonyl (C=O) groups is 1. The third kappa shape index (κ3) is 6.03. The lowest BCUT2D eigenvalue weighted by molar-refractivity contribution is -0.0197. The number of ether oxygens (including phenoxy) is 2. The molecule has 0 bridgehead atoms. The molecule has 0 spiro atoms. The summed E-state index contributed by atoms with van der Waals surface area (Å²) in [6.45, 7) is 10.2. The number of nitrogens with zero attached hydrogens (tertiary/aromatic N) is 1. The van der Waals surface area contributed by atoms with Crippen molar-refractivity contribution in [1.29, 1.82) is 0 Å². The highest BCUT2D eigenvalue weighted by Gasteiger charge is 2.16. The summed E-state index contributed by atoms with van der Waals surface area (Å²) in [5.74, 6) is 0.413. The normalized spacial score (nSPS) is 13.7. The SMILES string of the molecule is CCN(CC)C(C)OC(=O)c1ccc(OCCC(C)N)cc1. The lowest BCUT2D eigenvalue weighted by Gasteiger charge is -2.25. The van der Waals surface area contributed by atoms with Gasteiger partial charge in [0, 0.05) is 6.04 Å². The minimum atomic E-state index is -0.318. The Labute approximate surface area is 133 Å². The minimum absolute atomic E-state index is 0.121. The van der Waals surface area contributed by atoms with Crippen LogP contribution in [0, 0.1) is 0 Å². The summed E-state index contributed by atoms with van der Waals surface area (Å²) in [4.78, 5) is 14.2. The zero-order chi connectivity index (χ0) is 16.5. The maximum Gasteiger partial charge on any atom is 0.339 e. The summed E-state index contributed by atoms with van der Waals surface area (Å²) in [6.07, 6.45) is 0.565. The van der Waals surface area contributed by atoms with Crippen molar-refractivity contribution in [1.82, 2.24) is 4.90 Å². The van der Waals surface area contributed by atoms with Crippen molar-refractivity contribution in [3.05, 3.63) is 29.8 Å². The molecule has 124 valence electrons. The van der Waals surface area contributed by atoms with Crippen LogP contribution in [0.1, 0.15) is 44.5 Å². The van der Waals surface area contributed by atoms with Crippen LogP contribution >= 0.6 is 0 Å². The number of benzene rings is 1. The molecule has 0 aliphatic rings. The van der Waals surface area contributed by atoms with Crippen molar-refractivity contribution in [2.75, 3.05) is 19.7 Å². The Balaban J connectivity index is 2.53. The number of carbonyl (C=O) groups excluding carboxylic acids is 1. The molecular formula is C17H28N2O3. The molecule has 0 fully saturated rings. The predicted molar refractivity (Wildman–Crippen MR) is 88.0 cm³/mol. The van der Waals surface area contributed by atoms with Crippen LogP contribution in [-0.4, -0.2) is 42.8 Å². The van der Waals surface area contributed by atoms with Crippen LogP contribution in [0.5, 0.6) is 5.75 Å². The van der Waals surface area contributed by atoms with Crippen molar-refractivity contribution in [2.24, 2.45) is 5.73 Å². The van der Waals surface area contributed by atoms with Gasteiger partial charge in [-0.05, 0) is 57.6 Å². The summed E-state index contributed by atoms with van der Waals surface area (Å²) in [5, 5.41) is 0. The van der Waals surface area contributed by atoms with Gasteiger partial charge in [-0.2, -0.15) is 0 Å². The van der Waals surface area contributed by atoms with Gasteiger partial charge in [-0.25, -0.2) is 4.79 Å². The molecule has 5 nitrogen and oxygen atoms in total. The van der Waals surface area contributed by atoms with Crippen molar-refractivity contribution >= 4 is 5.97 Å². The van der Waals surface area contributed by atoms with Crippen LogP contribution in [0.25, 0.3) is 0 Å². The van der Waals surface area contributed by atoms with E-state index in [1.165, 1.54) is 0 Å². The highest BCUT2D eigenvalue weighted by molar-refractivity contribution is 5.89. The average Bonchev–Trinajstić information content (AvgIpc) is 2.48. The van der Waals surface area contributed by atoms with Crippen LogP contribution in [0.15, 0.2) is 24.3 Å². The summed E-state index contributed by atoms with van der Waals surface area (Å²) in [6, 6.07) is 7.12. The Morgan fingerprint density at radius 1 is 1.18 bits per heavy atom. The lowest BCUT2D eigenvalue weighted by Crippen LogP contribution is -2.36. The molecule has 2 atom stereocenters. The molecule has 0 aliphatic carbocycles. The molecule has 0 aromatic heterocycles. The van der Waals surface area contributed by atoms with Crippen molar-refractivity contribution in [2.45, 2.75) is 46.4 Å². The number of nitrogens with two attached hydrogens (primary N) is 1. The zero-order valence-electron chi connectivity index (χ0n) is 14.0. The van der Waals surface area contributed by atoms with Crippen molar-refractivity contribution in [3.8, 4) is 5.75 Å².